The van der Waals surface area contributed by atoms with E-state index in [-0.39, 0.29) is 6.42 Å². The molecule has 172 valence electrons. The van der Waals surface area contributed by atoms with Crippen LogP contribution in [-0.4, -0.2) is 46.7 Å². The Balaban J connectivity index is 2.63. The molecule has 31 heavy (non-hydrogen) atoms. The summed E-state index contributed by atoms with van der Waals surface area (Å²) in [4.78, 5) is 39.4. The van der Waals surface area contributed by atoms with Crippen LogP contribution in [0.2, 0.25) is 0 Å². The highest BCUT2D eigenvalue weighted by Gasteiger charge is 2.57. The fraction of sp³-hybridized carbons (Fsp3) is 0.625. The van der Waals surface area contributed by atoms with Gasteiger partial charge in [0.2, 0.25) is 0 Å². The van der Waals surface area contributed by atoms with Crippen LogP contribution in [0, 0.1) is 11.8 Å². The highest BCUT2D eigenvalue weighted by atomic mass is 16.6. The molecule has 0 unspecified atom stereocenters. The molecule has 0 saturated heterocycles. The molecule has 1 saturated carbocycles. The first-order valence-corrected chi connectivity index (χ1v) is 10.4. The highest BCUT2D eigenvalue weighted by molar-refractivity contribution is 6.03. The first-order valence-electron chi connectivity index (χ1n) is 10.4. The maximum absolute atomic E-state index is 13.2. The fourth-order valence-corrected chi connectivity index (χ4v) is 3.97. The lowest BCUT2D eigenvalue weighted by Gasteiger charge is -2.44. The summed E-state index contributed by atoms with van der Waals surface area (Å²) in [5.74, 6) is -4.62. The maximum atomic E-state index is 13.2. The zero-order valence-corrected chi connectivity index (χ0v) is 19.6. The molecule has 7 heteroatoms. The summed E-state index contributed by atoms with van der Waals surface area (Å²) < 4.78 is 16.3. The molecule has 0 amide bonds. The molecule has 1 N–H and O–H groups in total. The number of Topliss-reactive ketones (excluding diaryl/α,β-unsaturated/α-hetero) is 1. The minimum absolute atomic E-state index is 0.354. The van der Waals surface area contributed by atoms with E-state index in [9.17, 15) is 19.5 Å². The minimum Gasteiger partial charge on any atom is -0.497 e. The van der Waals surface area contributed by atoms with E-state index in [1.54, 1.807) is 65.8 Å². The molecule has 2 rings (SSSR count). The van der Waals surface area contributed by atoms with Crippen LogP contribution < -0.4 is 4.74 Å². The number of methoxy groups -OCH3 is 1. The standard InChI is InChI=1S/C24H34O7/c1-22(2,3)30-20(26)18-16(25)13-24(7,28)19(21(27)31-23(4,5)6)17(18)14-9-11-15(29-8)12-10-14/h9-12,17-19,28H,13H2,1-8H3/t17-,18-,19-,24+/m0/s1. The van der Waals surface area contributed by atoms with Gasteiger partial charge in [-0.05, 0) is 66.2 Å². The van der Waals surface area contributed by atoms with E-state index in [2.05, 4.69) is 0 Å². The number of ketones is 1. The largest absolute Gasteiger partial charge is 0.497 e. The van der Waals surface area contributed by atoms with Gasteiger partial charge < -0.3 is 19.3 Å². The quantitative estimate of drug-likeness (QED) is 0.573. The molecular formula is C24H34O7. The van der Waals surface area contributed by atoms with Crippen LogP contribution in [0.1, 0.15) is 66.4 Å². The maximum Gasteiger partial charge on any atom is 0.317 e. The molecular weight excluding hydrogens is 400 g/mol. The van der Waals surface area contributed by atoms with Crippen LogP contribution in [0.3, 0.4) is 0 Å². The first-order chi connectivity index (χ1) is 14.1. The van der Waals surface area contributed by atoms with E-state index in [1.807, 2.05) is 0 Å². The number of carbonyl (C=O) groups excluding carboxylic acids is 3. The van der Waals surface area contributed by atoms with E-state index >= 15 is 0 Å². The number of aliphatic hydroxyl groups is 1. The van der Waals surface area contributed by atoms with Crippen molar-refractivity contribution < 1.29 is 33.7 Å². The predicted molar refractivity (Wildman–Crippen MR) is 115 cm³/mol. The number of hydrogen-bond acceptors (Lipinski definition) is 7. The number of ether oxygens (including phenoxy) is 3. The summed E-state index contributed by atoms with van der Waals surface area (Å²) in [6, 6.07) is 6.74. The van der Waals surface area contributed by atoms with Crippen LogP contribution in [-0.2, 0) is 23.9 Å². The van der Waals surface area contributed by atoms with Crippen molar-refractivity contribution in [3.8, 4) is 5.75 Å². The van der Waals surface area contributed by atoms with Gasteiger partial charge in [0.1, 0.15) is 22.9 Å². The summed E-state index contributed by atoms with van der Waals surface area (Å²) >= 11 is 0. The average Bonchev–Trinajstić information content (AvgIpc) is 2.56. The average molecular weight is 435 g/mol. The van der Waals surface area contributed by atoms with Crippen molar-refractivity contribution in [1.29, 1.82) is 0 Å². The van der Waals surface area contributed by atoms with Gasteiger partial charge in [0.05, 0.1) is 18.6 Å². The summed E-state index contributed by atoms with van der Waals surface area (Å²) in [5, 5.41) is 11.1. The molecule has 0 spiro atoms. The van der Waals surface area contributed by atoms with Gasteiger partial charge in [0.25, 0.3) is 0 Å². The topological polar surface area (TPSA) is 99.1 Å². The van der Waals surface area contributed by atoms with E-state index in [4.69, 9.17) is 14.2 Å². The highest BCUT2D eigenvalue weighted by Crippen LogP contribution is 2.47. The van der Waals surface area contributed by atoms with Crippen LogP contribution in [0.25, 0.3) is 0 Å². The van der Waals surface area contributed by atoms with Gasteiger partial charge in [-0.25, -0.2) is 0 Å². The molecule has 7 nitrogen and oxygen atoms in total. The van der Waals surface area contributed by atoms with E-state index in [0.29, 0.717) is 11.3 Å². The summed E-state index contributed by atoms with van der Waals surface area (Å²) in [7, 11) is 1.52. The van der Waals surface area contributed by atoms with Gasteiger partial charge in [-0.3, -0.25) is 14.4 Å². The molecule has 1 aromatic rings. The third-order valence-corrected chi connectivity index (χ3v) is 5.09. The summed E-state index contributed by atoms with van der Waals surface area (Å²) in [6.45, 7) is 11.7. The number of hydrogen-bond donors (Lipinski definition) is 1. The molecule has 0 heterocycles. The SMILES string of the molecule is COc1ccc([C@H]2[C@@H](C(=O)OC(C)(C)C)C(=O)C[C@@](C)(O)[C@@H]2C(=O)OC(C)(C)C)cc1. The van der Waals surface area contributed by atoms with Crippen molar-refractivity contribution in [2.75, 3.05) is 7.11 Å². The molecule has 0 radical (unpaired) electrons. The predicted octanol–water partition coefficient (Wildman–Crippen LogP) is 3.42. The normalized spacial score (nSPS) is 26.9. The molecule has 1 aromatic carbocycles. The van der Waals surface area contributed by atoms with Gasteiger partial charge in [-0.1, -0.05) is 12.1 Å². The molecule has 0 aromatic heterocycles. The van der Waals surface area contributed by atoms with E-state index in [0.717, 1.165) is 0 Å². The third kappa shape index (κ3) is 6.06. The lowest BCUT2D eigenvalue weighted by atomic mass is 9.61. The Kier molecular flexibility index (Phi) is 6.91. The van der Waals surface area contributed by atoms with Crippen LogP contribution >= 0.6 is 0 Å². The van der Waals surface area contributed by atoms with Gasteiger partial charge >= 0.3 is 11.9 Å². The van der Waals surface area contributed by atoms with Crippen molar-refractivity contribution >= 4 is 17.7 Å². The molecule has 0 bridgehead atoms. The lowest BCUT2D eigenvalue weighted by molar-refractivity contribution is -0.182. The number of benzene rings is 1. The zero-order chi connectivity index (χ0) is 23.8. The Labute approximate surface area is 184 Å². The van der Waals surface area contributed by atoms with Gasteiger partial charge in [0, 0.05) is 12.3 Å². The zero-order valence-electron chi connectivity index (χ0n) is 19.6. The Morgan fingerprint density at radius 1 is 0.968 bits per heavy atom. The van der Waals surface area contributed by atoms with Crippen molar-refractivity contribution in [3.63, 3.8) is 0 Å². The molecule has 0 aliphatic heterocycles. The van der Waals surface area contributed by atoms with Crippen molar-refractivity contribution in [2.24, 2.45) is 11.8 Å². The van der Waals surface area contributed by atoms with Crippen LogP contribution in [0.4, 0.5) is 0 Å². The molecule has 1 aliphatic carbocycles. The number of rotatable bonds is 4. The summed E-state index contributed by atoms with van der Waals surface area (Å²) in [6.07, 6.45) is -0.354. The van der Waals surface area contributed by atoms with Crippen molar-refractivity contribution in [3.05, 3.63) is 29.8 Å². The second kappa shape index (κ2) is 8.61. The first kappa shape index (κ1) is 24.9. The number of esters is 2. The Bertz CT molecular complexity index is 825. The van der Waals surface area contributed by atoms with Crippen molar-refractivity contribution in [2.45, 2.75) is 77.6 Å². The smallest absolute Gasteiger partial charge is 0.317 e. The molecule has 4 atom stereocenters. The molecule has 1 fully saturated rings. The Hall–Kier alpha value is -2.41. The Morgan fingerprint density at radius 3 is 1.90 bits per heavy atom. The van der Waals surface area contributed by atoms with Gasteiger partial charge in [-0.2, -0.15) is 0 Å². The van der Waals surface area contributed by atoms with E-state index in [1.165, 1.54) is 14.0 Å². The van der Waals surface area contributed by atoms with Crippen LogP contribution in [0.5, 0.6) is 5.75 Å². The lowest BCUT2D eigenvalue weighted by Crippen LogP contribution is -2.56. The van der Waals surface area contributed by atoms with Crippen LogP contribution in [0.15, 0.2) is 24.3 Å². The third-order valence-electron chi connectivity index (χ3n) is 5.09. The second-order valence-electron chi connectivity index (χ2n) is 10.3. The molecule has 1 aliphatic rings. The minimum atomic E-state index is -1.69. The fourth-order valence-electron chi connectivity index (χ4n) is 3.97. The van der Waals surface area contributed by atoms with Crippen molar-refractivity contribution in [1.82, 2.24) is 0 Å². The number of carbonyl (C=O) groups is 3. The second-order valence-corrected chi connectivity index (χ2v) is 10.3. The van der Waals surface area contributed by atoms with Gasteiger partial charge in [0.15, 0.2) is 5.78 Å². The van der Waals surface area contributed by atoms with E-state index < -0.39 is 52.3 Å². The Morgan fingerprint density at radius 2 is 1.45 bits per heavy atom. The summed E-state index contributed by atoms with van der Waals surface area (Å²) in [5.41, 5.74) is -2.77. The monoisotopic (exact) mass is 434 g/mol. The van der Waals surface area contributed by atoms with Gasteiger partial charge in [-0.15, -0.1) is 0 Å².